The minimum absolute atomic E-state index is 0.124. The molecule has 0 bridgehead atoms. The van der Waals surface area contributed by atoms with Crippen LogP contribution in [0.2, 0.25) is 0 Å². The minimum atomic E-state index is -3.58. The average molecular weight is 392 g/mol. The van der Waals surface area contributed by atoms with Gasteiger partial charge in [-0.25, -0.2) is 13.1 Å². The van der Waals surface area contributed by atoms with Gasteiger partial charge in [-0.05, 0) is 46.7 Å². The van der Waals surface area contributed by atoms with Gasteiger partial charge in [0.2, 0.25) is 15.9 Å². The summed E-state index contributed by atoms with van der Waals surface area (Å²) in [5, 5.41) is 4.89. The van der Waals surface area contributed by atoms with Crippen LogP contribution in [0.15, 0.2) is 90.4 Å². The Bertz CT molecular complexity index is 1130. The molecule has 28 heavy (non-hydrogen) atoms. The third kappa shape index (κ3) is 4.73. The Balaban J connectivity index is 1.69. The SMILES string of the molecule is C=CCNS(=O)(=O)c1ccc(NC(=O)C=Cc2cccc3ccccc23)cc1. The number of carbonyl (C=O) groups is 1. The van der Waals surface area contributed by atoms with E-state index < -0.39 is 10.0 Å². The standard InChI is InChI=1S/C22H20N2O3S/c1-2-16-23-28(26,27)20-13-11-19(12-14-20)24-22(25)15-10-18-8-5-7-17-6-3-4-9-21(17)18/h2-15,23H,1,16H2,(H,24,25). The van der Waals surface area contributed by atoms with Crippen LogP contribution in [0, 0.1) is 0 Å². The Morgan fingerprint density at radius 1 is 0.964 bits per heavy atom. The number of hydrogen-bond acceptors (Lipinski definition) is 3. The lowest BCUT2D eigenvalue weighted by Crippen LogP contribution is -2.23. The van der Waals surface area contributed by atoms with E-state index in [-0.39, 0.29) is 17.3 Å². The van der Waals surface area contributed by atoms with Crippen molar-refractivity contribution >= 4 is 38.5 Å². The Kier molecular flexibility index (Phi) is 6.03. The van der Waals surface area contributed by atoms with Crippen molar-refractivity contribution in [3.05, 3.63) is 91.0 Å². The first-order valence-corrected chi connectivity index (χ1v) is 10.2. The van der Waals surface area contributed by atoms with Crippen molar-refractivity contribution in [2.24, 2.45) is 0 Å². The van der Waals surface area contributed by atoms with Crippen molar-refractivity contribution in [2.75, 3.05) is 11.9 Å². The first-order chi connectivity index (χ1) is 13.5. The summed E-state index contributed by atoms with van der Waals surface area (Å²) in [7, 11) is -3.58. The lowest BCUT2D eigenvalue weighted by molar-refractivity contribution is -0.111. The van der Waals surface area contributed by atoms with Crippen molar-refractivity contribution in [1.82, 2.24) is 4.72 Å². The summed E-state index contributed by atoms with van der Waals surface area (Å²) in [6.07, 6.45) is 4.68. The highest BCUT2D eigenvalue weighted by Gasteiger charge is 2.12. The maximum absolute atomic E-state index is 12.2. The Morgan fingerprint density at radius 2 is 1.68 bits per heavy atom. The molecule has 142 valence electrons. The first kappa shape index (κ1) is 19.5. The normalized spacial score (nSPS) is 11.6. The van der Waals surface area contributed by atoms with Crippen LogP contribution in [-0.2, 0) is 14.8 Å². The summed E-state index contributed by atoms with van der Waals surface area (Å²) in [5.74, 6) is -0.298. The van der Waals surface area contributed by atoms with Gasteiger partial charge in [0.25, 0.3) is 0 Å². The van der Waals surface area contributed by atoms with Crippen molar-refractivity contribution in [3.8, 4) is 0 Å². The molecule has 0 heterocycles. The number of hydrogen-bond donors (Lipinski definition) is 2. The van der Waals surface area contributed by atoms with Gasteiger partial charge in [0.05, 0.1) is 4.90 Å². The van der Waals surface area contributed by atoms with E-state index in [0.29, 0.717) is 5.69 Å². The fourth-order valence-corrected chi connectivity index (χ4v) is 3.71. The first-order valence-electron chi connectivity index (χ1n) is 8.67. The molecule has 3 aromatic rings. The fraction of sp³-hybridized carbons (Fsp3) is 0.0455. The molecule has 0 saturated carbocycles. The lowest BCUT2D eigenvalue weighted by atomic mass is 10.0. The molecule has 5 nitrogen and oxygen atoms in total. The van der Waals surface area contributed by atoms with Crippen LogP contribution in [0.3, 0.4) is 0 Å². The molecular formula is C22H20N2O3S. The van der Waals surface area contributed by atoms with Gasteiger partial charge in [0.1, 0.15) is 0 Å². The second-order valence-electron chi connectivity index (χ2n) is 6.06. The number of nitrogens with one attached hydrogen (secondary N) is 2. The highest BCUT2D eigenvalue weighted by Crippen LogP contribution is 2.20. The number of fused-ring (bicyclic) bond motifs is 1. The molecule has 0 aliphatic rings. The van der Waals surface area contributed by atoms with Crippen molar-refractivity contribution < 1.29 is 13.2 Å². The topological polar surface area (TPSA) is 75.3 Å². The average Bonchev–Trinajstić information content (AvgIpc) is 2.71. The van der Waals surface area contributed by atoms with Gasteiger partial charge in [-0.3, -0.25) is 4.79 Å². The molecule has 0 aliphatic carbocycles. The van der Waals surface area contributed by atoms with E-state index in [0.717, 1.165) is 16.3 Å². The molecule has 0 saturated heterocycles. The Labute approximate surface area is 164 Å². The van der Waals surface area contributed by atoms with Crippen molar-refractivity contribution in [2.45, 2.75) is 4.90 Å². The van der Waals surface area contributed by atoms with E-state index >= 15 is 0 Å². The molecular weight excluding hydrogens is 372 g/mol. The summed E-state index contributed by atoms with van der Waals surface area (Å²) >= 11 is 0. The second kappa shape index (κ2) is 8.65. The summed E-state index contributed by atoms with van der Waals surface area (Å²) in [5.41, 5.74) is 1.46. The fourth-order valence-electron chi connectivity index (χ4n) is 2.71. The summed E-state index contributed by atoms with van der Waals surface area (Å²) in [4.78, 5) is 12.3. The van der Waals surface area contributed by atoms with E-state index in [1.807, 2.05) is 42.5 Å². The molecule has 0 radical (unpaired) electrons. The van der Waals surface area contributed by atoms with Crippen LogP contribution in [0.4, 0.5) is 5.69 Å². The van der Waals surface area contributed by atoms with Gasteiger partial charge in [0, 0.05) is 18.3 Å². The van der Waals surface area contributed by atoms with E-state index in [1.165, 1.54) is 24.3 Å². The zero-order chi connectivity index (χ0) is 20.0. The van der Waals surface area contributed by atoms with E-state index in [2.05, 4.69) is 16.6 Å². The predicted molar refractivity (Wildman–Crippen MR) is 113 cm³/mol. The molecule has 2 N–H and O–H groups in total. The monoisotopic (exact) mass is 392 g/mol. The third-order valence-electron chi connectivity index (χ3n) is 4.09. The highest BCUT2D eigenvalue weighted by atomic mass is 32.2. The molecule has 0 spiro atoms. The van der Waals surface area contributed by atoms with Crippen LogP contribution in [0.5, 0.6) is 0 Å². The maximum Gasteiger partial charge on any atom is 0.248 e. The smallest absolute Gasteiger partial charge is 0.248 e. The summed E-state index contributed by atoms with van der Waals surface area (Å²) < 4.78 is 26.5. The number of benzene rings is 3. The highest BCUT2D eigenvalue weighted by molar-refractivity contribution is 7.89. The Hall–Kier alpha value is -3.22. The van der Waals surface area contributed by atoms with Crippen LogP contribution < -0.4 is 10.0 Å². The number of sulfonamides is 1. The minimum Gasteiger partial charge on any atom is -0.323 e. The predicted octanol–water partition coefficient (Wildman–Crippen LogP) is 3.96. The quantitative estimate of drug-likeness (QED) is 0.472. The molecule has 1 amide bonds. The van der Waals surface area contributed by atoms with Crippen LogP contribution in [0.25, 0.3) is 16.8 Å². The van der Waals surface area contributed by atoms with Crippen LogP contribution in [0.1, 0.15) is 5.56 Å². The maximum atomic E-state index is 12.2. The van der Waals surface area contributed by atoms with Gasteiger partial charge in [-0.1, -0.05) is 48.5 Å². The molecule has 3 aromatic carbocycles. The summed E-state index contributed by atoms with van der Waals surface area (Å²) in [6.45, 7) is 3.63. The number of carbonyl (C=O) groups excluding carboxylic acids is 1. The van der Waals surface area contributed by atoms with Crippen LogP contribution >= 0.6 is 0 Å². The van der Waals surface area contributed by atoms with Crippen molar-refractivity contribution in [3.63, 3.8) is 0 Å². The molecule has 3 rings (SSSR count). The van der Waals surface area contributed by atoms with Crippen molar-refractivity contribution in [1.29, 1.82) is 0 Å². The van der Waals surface area contributed by atoms with E-state index in [4.69, 9.17) is 0 Å². The zero-order valence-corrected chi connectivity index (χ0v) is 15.9. The van der Waals surface area contributed by atoms with Gasteiger partial charge in [-0.15, -0.1) is 6.58 Å². The largest absolute Gasteiger partial charge is 0.323 e. The van der Waals surface area contributed by atoms with Gasteiger partial charge >= 0.3 is 0 Å². The molecule has 0 unspecified atom stereocenters. The third-order valence-corrected chi connectivity index (χ3v) is 5.53. The second-order valence-corrected chi connectivity index (χ2v) is 7.82. The van der Waals surface area contributed by atoms with E-state index in [1.54, 1.807) is 18.2 Å². The molecule has 0 aliphatic heterocycles. The zero-order valence-electron chi connectivity index (χ0n) is 15.1. The molecule has 0 aromatic heterocycles. The van der Waals surface area contributed by atoms with Gasteiger partial charge in [-0.2, -0.15) is 0 Å². The van der Waals surface area contributed by atoms with Crippen LogP contribution in [-0.4, -0.2) is 20.9 Å². The number of rotatable bonds is 7. The summed E-state index contributed by atoms with van der Waals surface area (Å²) in [6, 6.07) is 19.8. The van der Waals surface area contributed by atoms with Gasteiger partial charge < -0.3 is 5.32 Å². The number of anilines is 1. The number of amides is 1. The molecule has 0 atom stereocenters. The molecule has 0 fully saturated rings. The molecule has 6 heteroatoms. The lowest BCUT2D eigenvalue weighted by Gasteiger charge is -2.06. The van der Waals surface area contributed by atoms with Gasteiger partial charge in [0.15, 0.2) is 0 Å². The van der Waals surface area contributed by atoms with E-state index in [9.17, 15) is 13.2 Å². The Morgan fingerprint density at radius 3 is 2.43 bits per heavy atom.